The summed E-state index contributed by atoms with van der Waals surface area (Å²) in [4.78, 5) is 27.1. The third-order valence-electron chi connectivity index (χ3n) is 3.91. The Hall–Kier alpha value is -3.28. The molecule has 0 aliphatic rings. The summed E-state index contributed by atoms with van der Waals surface area (Å²) >= 11 is 0. The van der Waals surface area contributed by atoms with Gasteiger partial charge in [-0.05, 0) is 37.1 Å². The number of amides is 1. The molecular formula is C20H20N2O4. The Kier molecular flexibility index (Phi) is 5.22. The van der Waals surface area contributed by atoms with Crippen LogP contribution in [-0.4, -0.2) is 23.1 Å². The molecule has 2 N–H and O–H groups in total. The second-order valence-corrected chi connectivity index (χ2v) is 6.05. The standard InChI is InChI=1S/C20H20N2O4/c1-13-8-9-16-17(10-13)21-11-18(16)26-19(23)14(2)22-20(24)25-12-15-6-4-3-5-7-15/h3-11,14,21H,12H2,1-2H3,(H,22,24)/t14-/m0/s1. The van der Waals surface area contributed by atoms with Crippen molar-refractivity contribution in [3.63, 3.8) is 0 Å². The number of fused-ring (bicyclic) bond motifs is 1. The Labute approximate surface area is 151 Å². The fourth-order valence-electron chi connectivity index (χ4n) is 2.50. The number of nitrogens with one attached hydrogen (secondary N) is 2. The maximum atomic E-state index is 12.2. The minimum Gasteiger partial charge on any atom is -0.445 e. The van der Waals surface area contributed by atoms with Crippen LogP contribution < -0.4 is 10.1 Å². The van der Waals surface area contributed by atoms with Crippen molar-refractivity contribution in [3.8, 4) is 5.75 Å². The molecule has 134 valence electrons. The number of ether oxygens (including phenoxy) is 2. The van der Waals surface area contributed by atoms with Crippen LogP contribution in [0.3, 0.4) is 0 Å². The normalized spacial score (nSPS) is 11.8. The summed E-state index contributed by atoms with van der Waals surface area (Å²) in [5.74, 6) is -0.139. The van der Waals surface area contributed by atoms with Crippen molar-refractivity contribution in [2.45, 2.75) is 26.5 Å². The quantitative estimate of drug-likeness (QED) is 0.686. The molecule has 2 aromatic carbocycles. The lowest BCUT2D eigenvalue weighted by atomic mass is 10.2. The number of carbonyl (C=O) groups is 2. The highest BCUT2D eigenvalue weighted by atomic mass is 16.6. The van der Waals surface area contributed by atoms with Crippen molar-refractivity contribution in [3.05, 3.63) is 65.9 Å². The van der Waals surface area contributed by atoms with E-state index in [4.69, 9.17) is 9.47 Å². The third kappa shape index (κ3) is 4.22. The number of esters is 1. The van der Waals surface area contributed by atoms with Gasteiger partial charge in [0.1, 0.15) is 12.6 Å². The third-order valence-corrected chi connectivity index (χ3v) is 3.91. The molecule has 1 amide bonds. The van der Waals surface area contributed by atoms with E-state index in [-0.39, 0.29) is 6.61 Å². The Bertz CT molecular complexity index is 918. The van der Waals surface area contributed by atoms with Crippen LogP contribution in [0.1, 0.15) is 18.1 Å². The van der Waals surface area contributed by atoms with E-state index in [9.17, 15) is 9.59 Å². The van der Waals surface area contributed by atoms with Gasteiger partial charge in [-0.25, -0.2) is 9.59 Å². The predicted octanol–water partition coefficient (Wildman–Crippen LogP) is 3.70. The van der Waals surface area contributed by atoms with E-state index in [1.165, 1.54) is 0 Å². The molecule has 0 fully saturated rings. The number of H-pyrrole nitrogens is 1. The van der Waals surface area contributed by atoms with Crippen molar-refractivity contribution >= 4 is 23.0 Å². The first kappa shape index (κ1) is 17.5. The highest BCUT2D eigenvalue weighted by Crippen LogP contribution is 2.26. The fourth-order valence-corrected chi connectivity index (χ4v) is 2.50. The molecule has 0 bridgehead atoms. The molecule has 3 rings (SSSR count). The van der Waals surface area contributed by atoms with Crippen molar-refractivity contribution < 1.29 is 19.1 Å². The molecule has 0 radical (unpaired) electrons. The van der Waals surface area contributed by atoms with Gasteiger partial charge in [-0.2, -0.15) is 0 Å². The molecule has 1 atom stereocenters. The first-order chi connectivity index (χ1) is 12.5. The monoisotopic (exact) mass is 352 g/mol. The maximum Gasteiger partial charge on any atom is 0.408 e. The Morgan fingerprint density at radius 3 is 2.69 bits per heavy atom. The summed E-state index contributed by atoms with van der Waals surface area (Å²) in [7, 11) is 0. The van der Waals surface area contributed by atoms with Crippen LogP contribution in [-0.2, 0) is 16.1 Å². The minimum atomic E-state index is -0.839. The summed E-state index contributed by atoms with van der Waals surface area (Å²) in [6, 6.07) is 14.3. The van der Waals surface area contributed by atoms with Crippen molar-refractivity contribution in [2.24, 2.45) is 0 Å². The second kappa shape index (κ2) is 7.74. The molecule has 0 saturated heterocycles. The lowest BCUT2D eigenvalue weighted by Crippen LogP contribution is -2.41. The number of rotatable bonds is 5. The number of alkyl carbamates (subject to hydrolysis) is 1. The molecule has 26 heavy (non-hydrogen) atoms. The van der Waals surface area contributed by atoms with Gasteiger partial charge in [0.15, 0.2) is 5.75 Å². The van der Waals surface area contributed by atoms with E-state index < -0.39 is 18.1 Å². The summed E-state index contributed by atoms with van der Waals surface area (Å²) < 4.78 is 10.5. The molecule has 0 aliphatic heterocycles. The van der Waals surface area contributed by atoms with E-state index in [0.717, 1.165) is 22.0 Å². The van der Waals surface area contributed by atoms with E-state index in [0.29, 0.717) is 5.75 Å². The van der Waals surface area contributed by atoms with E-state index >= 15 is 0 Å². The van der Waals surface area contributed by atoms with Crippen LogP contribution in [0.2, 0.25) is 0 Å². The molecule has 0 saturated carbocycles. The molecule has 3 aromatic rings. The summed E-state index contributed by atoms with van der Waals surface area (Å²) in [6.07, 6.45) is 0.954. The number of aryl methyl sites for hydroxylation is 1. The molecular weight excluding hydrogens is 332 g/mol. The first-order valence-corrected chi connectivity index (χ1v) is 8.29. The molecule has 1 heterocycles. The molecule has 0 aliphatic carbocycles. The lowest BCUT2D eigenvalue weighted by Gasteiger charge is -2.13. The molecule has 6 heteroatoms. The number of aromatic amines is 1. The topological polar surface area (TPSA) is 80.4 Å². The van der Waals surface area contributed by atoms with Crippen molar-refractivity contribution in [1.29, 1.82) is 0 Å². The molecule has 6 nitrogen and oxygen atoms in total. The van der Waals surface area contributed by atoms with Gasteiger partial charge < -0.3 is 19.8 Å². The van der Waals surface area contributed by atoms with Gasteiger partial charge in [0, 0.05) is 17.1 Å². The number of hydrogen-bond acceptors (Lipinski definition) is 4. The number of benzene rings is 2. The Balaban J connectivity index is 1.54. The van der Waals surface area contributed by atoms with Gasteiger partial charge >= 0.3 is 12.1 Å². The van der Waals surface area contributed by atoms with Crippen LogP contribution in [0.15, 0.2) is 54.7 Å². The van der Waals surface area contributed by atoms with E-state index in [2.05, 4.69) is 10.3 Å². The van der Waals surface area contributed by atoms with Gasteiger partial charge in [-0.15, -0.1) is 0 Å². The first-order valence-electron chi connectivity index (χ1n) is 8.29. The second-order valence-electron chi connectivity index (χ2n) is 6.05. The highest BCUT2D eigenvalue weighted by Gasteiger charge is 2.20. The average molecular weight is 352 g/mol. The van der Waals surface area contributed by atoms with Crippen LogP contribution in [0.4, 0.5) is 4.79 Å². The Morgan fingerprint density at radius 1 is 1.15 bits per heavy atom. The van der Waals surface area contributed by atoms with Crippen LogP contribution in [0, 0.1) is 6.92 Å². The van der Waals surface area contributed by atoms with Crippen LogP contribution >= 0.6 is 0 Å². The van der Waals surface area contributed by atoms with E-state index in [1.807, 2.05) is 55.5 Å². The maximum absolute atomic E-state index is 12.2. The van der Waals surface area contributed by atoms with Gasteiger partial charge in [0.25, 0.3) is 0 Å². The zero-order valence-electron chi connectivity index (χ0n) is 14.6. The number of aromatic nitrogens is 1. The predicted molar refractivity (Wildman–Crippen MR) is 97.9 cm³/mol. The molecule has 0 spiro atoms. The largest absolute Gasteiger partial charge is 0.445 e. The van der Waals surface area contributed by atoms with Gasteiger partial charge in [-0.1, -0.05) is 36.4 Å². The summed E-state index contributed by atoms with van der Waals surface area (Å²) in [5.41, 5.74) is 2.86. The zero-order chi connectivity index (χ0) is 18.5. The van der Waals surface area contributed by atoms with Crippen molar-refractivity contribution in [2.75, 3.05) is 0 Å². The zero-order valence-corrected chi connectivity index (χ0v) is 14.6. The fraction of sp³-hybridized carbons (Fsp3) is 0.200. The molecule has 0 unspecified atom stereocenters. The van der Waals surface area contributed by atoms with Crippen LogP contribution in [0.5, 0.6) is 5.75 Å². The number of hydrogen-bond donors (Lipinski definition) is 2. The Morgan fingerprint density at radius 2 is 1.92 bits per heavy atom. The van der Waals surface area contributed by atoms with Gasteiger partial charge in [0.2, 0.25) is 0 Å². The van der Waals surface area contributed by atoms with E-state index in [1.54, 1.807) is 13.1 Å². The smallest absolute Gasteiger partial charge is 0.408 e. The summed E-state index contributed by atoms with van der Waals surface area (Å²) in [6.45, 7) is 3.67. The number of carbonyl (C=O) groups excluding carboxylic acids is 2. The summed E-state index contributed by atoms with van der Waals surface area (Å²) in [5, 5.41) is 3.28. The highest BCUT2D eigenvalue weighted by molar-refractivity contribution is 5.90. The van der Waals surface area contributed by atoms with Crippen LogP contribution in [0.25, 0.3) is 10.9 Å². The molecule has 1 aromatic heterocycles. The SMILES string of the molecule is Cc1ccc2c(OC(=O)[C@H](C)NC(=O)OCc3ccccc3)c[nH]c2c1. The minimum absolute atomic E-state index is 0.135. The van der Waals surface area contributed by atoms with Gasteiger partial charge in [-0.3, -0.25) is 0 Å². The van der Waals surface area contributed by atoms with Gasteiger partial charge in [0.05, 0.1) is 0 Å². The van der Waals surface area contributed by atoms with Crippen molar-refractivity contribution in [1.82, 2.24) is 10.3 Å². The average Bonchev–Trinajstić information content (AvgIpc) is 3.02. The lowest BCUT2D eigenvalue weighted by molar-refractivity contribution is -0.136.